The van der Waals surface area contributed by atoms with E-state index in [0.717, 1.165) is 5.56 Å². The van der Waals surface area contributed by atoms with E-state index < -0.39 is 0 Å². The number of aromatic nitrogens is 3. The zero-order valence-corrected chi connectivity index (χ0v) is 11.4. The minimum atomic E-state index is 0.129. The van der Waals surface area contributed by atoms with Crippen LogP contribution >= 0.6 is 11.6 Å². The Morgan fingerprint density at radius 3 is 2.47 bits per heavy atom. The number of hydrogen-bond donors (Lipinski definition) is 1. The molecule has 0 radical (unpaired) electrons. The first kappa shape index (κ1) is 13.4. The molecule has 100 valence electrons. The fourth-order valence-electron chi connectivity index (χ4n) is 1.35. The van der Waals surface area contributed by atoms with E-state index in [0.29, 0.717) is 17.6 Å². The van der Waals surface area contributed by atoms with Crippen molar-refractivity contribution in [2.24, 2.45) is 0 Å². The van der Waals surface area contributed by atoms with Gasteiger partial charge in [0.05, 0.1) is 0 Å². The first-order valence-corrected chi connectivity index (χ1v) is 5.98. The van der Waals surface area contributed by atoms with Gasteiger partial charge in [-0.05, 0) is 17.7 Å². The largest absolute Gasteiger partial charge is 0.458 e. The third kappa shape index (κ3) is 3.69. The fourth-order valence-corrected chi connectivity index (χ4v) is 1.48. The molecule has 2 rings (SSSR count). The predicted octanol–water partition coefficient (Wildman–Crippen LogP) is 1.75. The van der Waals surface area contributed by atoms with Crippen molar-refractivity contribution in [3.8, 4) is 6.01 Å². The Hall–Kier alpha value is -2.08. The van der Waals surface area contributed by atoms with Crippen LogP contribution in [-0.4, -0.2) is 29.0 Å². The van der Waals surface area contributed by atoms with Crippen molar-refractivity contribution >= 4 is 23.5 Å². The second kappa shape index (κ2) is 5.71. The summed E-state index contributed by atoms with van der Waals surface area (Å²) < 4.78 is 5.49. The van der Waals surface area contributed by atoms with E-state index in [9.17, 15) is 0 Å². The maximum absolute atomic E-state index is 5.81. The number of ether oxygens (including phenoxy) is 1. The van der Waals surface area contributed by atoms with Gasteiger partial charge in [-0.3, -0.25) is 0 Å². The molecular formula is C12H14ClN5O. The molecule has 1 aromatic carbocycles. The summed E-state index contributed by atoms with van der Waals surface area (Å²) in [6.45, 7) is 0.341. The molecule has 2 N–H and O–H groups in total. The molecule has 0 saturated heterocycles. The van der Waals surface area contributed by atoms with E-state index in [1.165, 1.54) is 0 Å². The summed E-state index contributed by atoms with van der Waals surface area (Å²) in [5.41, 5.74) is 6.57. The second-order valence-corrected chi connectivity index (χ2v) is 4.52. The average molecular weight is 280 g/mol. The minimum absolute atomic E-state index is 0.129. The van der Waals surface area contributed by atoms with Gasteiger partial charge in [0.15, 0.2) is 0 Å². The van der Waals surface area contributed by atoms with Gasteiger partial charge in [-0.1, -0.05) is 23.7 Å². The van der Waals surface area contributed by atoms with Crippen LogP contribution in [0.5, 0.6) is 6.01 Å². The van der Waals surface area contributed by atoms with Crippen LogP contribution in [0.4, 0.5) is 11.9 Å². The van der Waals surface area contributed by atoms with Gasteiger partial charge in [-0.2, -0.15) is 15.0 Å². The molecule has 0 aliphatic heterocycles. The molecular weight excluding hydrogens is 266 g/mol. The Bertz CT molecular complexity index is 559. The van der Waals surface area contributed by atoms with Crippen molar-refractivity contribution in [3.05, 3.63) is 34.9 Å². The van der Waals surface area contributed by atoms with Crippen LogP contribution in [0.25, 0.3) is 0 Å². The van der Waals surface area contributed by atoms with Crippen LogP contribution in [-0.2, 0) is 6.61 Å². The molecule has 1 aromatic heterocycles. The van der Waals surface area contributed by atoms with Gasteiger partial charge in [0.2, 0.25) is 11.9 Å². The number of halogens is 1. The molecule has 19 heavy (non-hydrogen) atoms. The molecule has 7 heteroatoms. The highest BCUT2D eigenvalue weighted by Crippen LogP contribution is 2.14. The summed E-state index contributed by atoms with van der Waals surface area (Å²) in [7, 11) is 3.63. The lowest BCUT2D eigenvalue weighted by Gasteiger charge is -2.11. The molecule has 0 fully saturated rings. The van der Waals surface area contributed by atoms with Crippen LogP contribution in [0.3, 0.4) is 0 Å². The van der Waals surface area contributed by atoms with Crippen LogP contribution in [0.1, 0.15) is 5.56 Å². The highest BCUT2D eigenvalue weighted by molar-refractivity contribution is 6.30. The molecule has 0 aliphatic rings. The number of nitrogen functional groups attached to an aromatic ring is 1. The molecule has 1 heterocycles. The van der Waals surface area contributed by atoms with Gasteiger partial charge in [-0.25, -0.2) is 0 Å². The summed E-state index contributed by atoms with van der Waals surface area (Å²) in [6, 6.07) is 7.55. The number of hydrogen-bond acceptors (Lipinski definition) is 6. The zero-order valence-electron chi connectivity index (χ0n) is 10.7. The zero-order chi connectivity index (χ0) is 13.8. The van der Waals surface area contributed by atoms with E-state index >= 15 is 0 Å². The van der Waals surface area contributed by atoms with Crippen LogP contribution in [0.15, 0.2) is 24.3 Å². The Morgan fingerprint density at radius 1 is 1.16 bits per heavy atom. The van der Waals surface area contributed by atoms with Crippen LogP contribution < -0.4 is 15.4 Å². The summed E-state index contributed by atoms with van der Waals surface area (Å²) in [5, 5.41) is 0.683. The minimum Gasteiger partial charge on any atom is -0.458 e. The molecule has 0 unspecified atom stereocenters. The molecule has 0 aliphatic carbocycles. The van der Waals surface area contributed by atoms with Crippen molar-refractivity contribution < 1.29 is 4.74 Å². The van der Waals surface area contributed by atoms with Gasteiger partial charge in [0.1, 0.15) is 6.61 Å². The molecule has 0 bridgehead atoms. The van der Waals surface area contributed by atoms with Gasteiger partial charge in [0.25, 0.3) is 0 Å². The van der Waals surface area contributed by atoms with E-state index in [-0.39, 0.29) is 12.0 Å². The number of nitrogens with zero attached hydrogens (tertiary/aromatic N) is 4. The molecule has 2 aromatic rings. The first-order chi connectivity index (χ1) is 9.04. The standard InChI is InChI=1S/C12H14ClN5O/c1-18(2)11-15-10(14)16-12(17-11)19-7-8-3-5-9(13)6-4-8/h3-6H,7H2,1-2H3,(H2,14,15,16,17). The second-order valence-electron chi connectivity index (χ2n) is 4.09. The Balaban J connectivity index is 2.08. The van der Waals surface area contributed by atoms with Crippen LogP contribution in [0.2, 0.25) is 5.02 Å². The summed E-state index contributed by atoms with van der Waals surface area (Å²) in [4.78, 5) is 13.8. The first-order valence-electron chi connectivity index (χ1n) is 5.61. The topological polar surface area (TPSA) is 77.2 Å². The van der Waals surface area contributed by atoms with E-state index in [1.807, 2.05) is 26.2 Å². The summed E-state index contributed by atoms with van der Waals surface area (Å²) in [6.07, 6.45) is 0. The van der Waals surface area contributed by atoms with Crippen molar-refractivity contribution in [1.82, 2.24) is 15.0 Å². The lowest BCUT2D eigenvalue weighted by molar-refractivity contribution is 0.280. The van der Waals surface area contributed by atoms with Crippen LogP contribution in [0, 0.1) is 0 Å². The van der Waals surface area contributed by atoms with E-state index in [1.54, 1.807) is 17.0 Å². The predicted molar refractivity (Wildman–Crippen MR) is 74.4 cm³/mol. The van der Waals surface area contributed by atoms with Gasteiger partial charge < -0.3 is 15.4 Å². The number of benzene rings is 1. The number of rotatable bonds is 4. The maximum Gasteiger partial charge on any atom is 0.323 e. The van der Waals surface area contributed by atoms with Crippen molar-refractivity contribution in [1.29, 1.82) is 0 Å². The highest BCUT2D eigenvalue weighted by Gasteiger charge is 2.07. The molecule has 0 spiro atoms. The molecule has 6 nitrogen and oxygen atoms in total. The Labute approximate surface area is 116 Å². The van der Waals surface area contributed by atoms with Crippen molar-refractivity contribution in [2.75, 3.05) is 24.7 Å². The number of nitrogens with two attached hydrogens (primary N) is 1. The Kier molecular flexibility index (Phi) is 4.01. The summed E-state index contributed by atoms with van der Waals surface area (Å²) >= 11 is 5.81. The third-order valence-electron chi connectivity index (χ3n) is 2.30. The lowest BCUT2D eigenvalue weighted by Crippen LogP contribution is -2.15. The average Bonchev–Trinajstić information content (AvgIpc) is 2.37. The summed E-state index contributed by atoms with van der Waals surface area (Å²) in [5.74, 6) is 0.586. The lowest BCUT2D eigenvalue weighted by atomic mass is 10.2. The maximum atomic E-state index is 5.81. The van der Waals surface area contributed by atoms with Gasteiger partial charge in [-0.15, -0.1) is 0 Å². The molecule has 0 saturated carbocycles. The Morgan fingerprint density at radius 2 is 1.84 bits per heavy atom. The quantitative estimate of drug-likeness (QED) is 0.919. The molecule has 0 amide bonds. The molecule has 0 atom stereocenters. The normalized spacial score (nSPS) is 10.3. The third-order valence-corrected chi connectivity index (χ3v) is 2.55. The van der Waals surface area contributed by atoms with Crippen molar-refractivity contribution in [2.45, 2.75) is 6.61 Å². The van der Waals surface area contributed by atoms with Crippen molar-refractivity contribution in [3.63, 3.8) is 0 Å². The monoisotopic (exact) mass is 279 g/mol. The number of anilines is 2. The van der Waals surface area contributed by atoms with Gasteiger partial charge >= 0.3 is 6.01 Å². The van der Waals surface area contributed by atoms with Gasteiger partial charge in [0, 0.05) is 19.1 Å². The van der Waals surface area contributed by atoms with E-state index in [2.05, 4.69) is 15.0 Å². The van der Waals surface area contributed by atoms with E-state index in [4.69, 9.17) is 22.1 Å². The SMILES string of the molecule is CN(C)c1nc(N)nc(OCc2ccc(Cl)cc2)n1. The fraction of sp³-hybridized carbons (Fsp3) is 0.250. The smallest absolute Gasteiger partial charge is 0.323 e. The highest BCUT2D eigenvalue weighted by atomic mass is 35.5.